The molecule has 2 amide bonds. The maximum atomic E-state index is 12.0. The molecule has 5 nitrogen and oxygen atoms in total. The fraction of sp³-hybridized carbons (Fsp3) is 0.176. The Balaban J connectivity index is 1.74. The van der Waals surface area contributed by atoms with Crippen LogP contribution in [0.15, 0.2) is 48.4 Å². The van der Waals surface area contributed by atoms with Gasteiger partial charge in [0.2, 0.25) is 5.91 Å². The summed E-state index contributed by atoms with van der Waals surface area (Å²) in [6.45, 7) is 4.09. The van der Waals surface area contributed by atoms with Gasteiger partial charge >= 0.3 is 0 Å². The second-order valence-electron chi connectivity index (χ2n) is 5.07. The molecule has 0 aliphatic carbocycles. The number of nitrogens with one attached hydrogen (secondary N) is 1. The van der Waals surface area contributed by atoms with Gasteiger partial charge in [-0.3, -0.25) is 9.59 Å². The largest absolute Gasteiger partial charge is 0.481 e. The Labute approximate surface area is 138 Å². The highest BCUT2D eigenvalue weighted by atomic mass is 32.1. The molecule has 0 atom stereocenters. The van der Waals surface area contributed by atoms with Crippen LogP contribution in [0.2, 0.25) is 0 Å². The summed E-state index contributed by atoms with van der Waals surface area (Å²) in [4.78, 5) is 26.5. The Morgan fingerprint density at radius 1 is 1.43 bits per heavy atom. The Kier molecular flexibility index (Phi) is 4.43. The summed E-state index contributed by atoms with van der Waals surface area (Å²) in [6.07, 6.45) is 2.01. The van der Waals surface area contributed by atoms with Crippen molar-refractivity contribution in [1.82, 2.24) is 0 Å². The summed E-state index contributed by atoms with van der Waals surface area (Å²) >= 11 is 1.55. The van der Waals surface area contributed by atoms with E-state index in [0.29, 0.717) is 30.1 Å². The second kappa shape index (κ2) is 6.66. The number of benzene rings is 1. The molecule has 118 valence electrons. The molecular formula is C17H16N2O3S. The number of carbonyl (C=O) groups is 2. The van der Waals surface area contributed by atoms with E-state index in [4.69, 9.17) is 4.74 Å². The molecule has 6 heteroatoms. The summed E-state index contributed by atoms with van der Waals surface area (Å²) in [6, 6.07) is 9.13. The van der Waals surface area contributed by atoms with E-state index in [2.05, 4.69) is 11.9 Å². The minimum absolute atomic E-state index is 0.00651. The molecule has 0 spiro atoms. The molecule has 1 N–H and O–H groups in total. The van der Waals surface area contributed by atoms with Crippen molar-refractivity contribution in [2.24, 2.45) is 0 Å². The van der Waals surface area contributed by atoms with Gasteiger partial charge in [0, 0.05) is 23.2 Å². The van der Waals surface area contributed by atoms with Crippen LogP contribution in [0.5, 0.6) is 5.75 Å². The van der Waals surface area contributed by atoms with Gasteiger partial charge < -0.3 is 15.0 Å². The van der Waals surface area contributed by atoms with Crippen molar-refractivity contribution in [1.29, 1.82) is 0 Å². The first-order chi connectivity index (χ1) is 11.2. The van der Waals surface area contributed by atoms with Crippen LogP contribution >= 0.6 is 11.3 Å². The van der Waals surface area contributed by atoms with Crippen molar-refractivity contribution < 1.29 is 14.3 Å². The normalized spacial score (nSPS) is 13.2. The molecule has 0 saturated carbocycles. The van der Waals surface area contributed by atoms with E-state index in [9.17, 15) is 9.59 Å². The van der Waals surface area contributed by atoms with E-state index >= 15 is 0 Å². The third kappa shape index (κ3) is 3.43. The van der Waals surface area contributed by atoms with Crippen molar-refractivity contribution in [3.05, 3.63) is 53.2 Å². The highest BCUT2D eigenvalue weighted by Gasteiger charge is 2.24. The summed E-state index contributed by atoms with van der Waals surface area (Å²) < 4.78 is 5.47. The van der Waals surface area contributed by atoms with Crippen LogP contribution in [0.1, 0.15) is 4.88 Å². The zero-order valence-electron chi connectivity index (χ0n) is 12.5. The van der Waals surface area contributed by atoms with Gasteiger partial charge in [-0.2, -0.15) is 0 Å². The lowest BCUT2D eigenvalue weighted by molar-refractivity contribution is -0.121. The van der Waals surface area contributed by atoms with Crippen LogP contribution in [0.3, 0.4) is 0 Å². The number of carbonyl (C=O) groups excluding carboxylic acids is 2. The van der Waals surface area contributed by atoms with Gasteiger partial charge in [0.05, 0.1) is 12.1 Å². The average molecular weight is 328 g/mol. The molecule has 0 fully saturated rings. The maximum absolute atomic E-state index is 12.0. The van der Waals surface area contributed by atoms with Gasteiger partial charge in [0.1, 0.15) is 5.75 Å². The number of rotatable bonds is 5. The predicted molar refractivity (Wildman–Crippen MR) is 91.1 cm³/mol. The lowest BCUT2D eigenvalue weighted by Crippen LogP contribution is -2.38. The smallest absolute Gasteiger partial charge is 0.265 e. The Morgan fingerprint density at radius 2 is 2.30 bits per heavy atom. The number of nitrogens with zero attached hydrogens (tertiary/aromatic N) is 1. The van der Waals surface area contributed by atoms with Crippen molar-refractivity contribution in [3.63, 3.8) is 0 Å². The van der Waals surface area contributed by atoms with E-state index in [0.717, 1.165) is 4.88 Å². The number of hydrogen-bond donors (Lipinski definition) is 1. The number of ether oxygens (including phenoxy) is 1. The quantitative estimate of drug-likeness (QED) is 0.859. The predicted octanol–water partition coefficient (Wildman–Crippen LogP) is 2.84. The van der Waals surface area contributed by atoms with Crippen molar-refractivity contribution in [2.75, 3.05) is 23.4 Å². The van der Waals surface area contributed by atoms with Crippen LogP contribution in [-0.4, -0.2) is 25.0 Å². The Bertz CT molecular complexity index is 740. The Hall–Kier alpha value is -2.60. The molecule has 1 aliphatic heterocycles. The fourth-order valence-electron chi connectivity index (χ4n) is 2.39. The molecule has 0 unspecified atom stereocenters. The van der Waals surface area contributed by atoms with Gasteiger partial charge in [0.15, 0.2) is 6.61 Å². The van der Waals surface area contributed by atoms with Crippen LogP contribution in [0.4, 0.5) is 11.4 Å². The average Bonchev–Trinajstić information content (AvgIpc) is 3.03. The molecule has 0 bridgehead atoms. The molecule has 2 aromatic rings. The topological polar surface area (TPSA) is 58.6 Å². The van der Waals surface area contributed by atoms with Gasteiger partial charge in [0.25, 0.3) is 5.91 Å². The zero-order chi connectivity index (χ0) is 16.2. The van der Waals surface area contributed by atoms with Gasteiger partial charge in [-0.1, -0.05) is 12.1 Å². The molecule has 23 heavy (non-hydrogen) atoms. The molecule has 3 rings (SSSR count). The number of thiophene rings is 1. The first-order valence-electron chi connectivity index (χ1n) is 7.17. The third-order valence-electron chi connectivity index (χ3n) is 3.41. The van der Waals surface area contributed by atoms with Gasteiger partial charge in [-0.25, -0.2) is 0 Å². The van der Waals surface area contributed by atoms with E-state index in [1.165, 1.54) is 0 Å². The van der Waals surface area contributed by atoms with Crippen molar-refractivity contribution in [3.8, 4) is 5.75 Å². The summed E-state index contributed by atoms with van der Waals surface area (Å²) in [7, 11) is 0. The molecular weight excluding hydrogens is 312 g/mol. The molecule has 1 aromatic heterocycles. The number of amides is 2. The molecule has 2 heterocycles. The number of hydrogen-bond acceptors (Lipinski definition) is 4. The monoisotopic (exact) mass is 328 g/mol. The van der Waals surface area contributed by atoms with Crippen LogP contribution in [0, 0.1) is 0 Å². The lowest BCUT2D eigenvalue weighted by atomic mass is 10.2. The summed E-state index contributed by atoms with van der Waals surface area (Å²) in [5, 5.41) is 4.80. The maximum Gasteiger partial charge on any atom is 0.265 e. The molecule has 0 saturated heterocycles. The minimum atomic E-state index is -0.105. The van der Waals surface area contributed by atoms with Crippen molar-refractivity contribution >= 4 is 34.5 Å². The Morgan fingerprint density at radius 3 is 3.04 bits per heavy atom. The third-order valence-corrected chi connectivity index (χ3v) is 4.29. The minimum Gasteiger partial charge on any atom is -0.481 e. The molecule has 1 aliphatic rings. The first-order valence-corrected chi connectivity index (χ1v) is 8.05. The standard InChI is InChI=1S/C17H16N2O3S/c1-2-7-19-14-6-5-12(9-15(14)22-11-17(19)21)18-16(20)10-13-4-3-8-23-13/h2-6,8-9H,1,7,10-11H2,(H,18,20). The first kappa shape index (κ1) is 15.3. The van der Waals surface area contributed by atoms with Crippen LogP contribution in [-0.2, 0) is 16.0 Å². The fourth-order valence-corrected chi connectivity index (χ4v) is 3.09. The SMILES string of the molecule is C=CCN1C(=O)COc2cc(NC(=O)Cc3cccs3)ccc21. The molecule has 1 aromatic carbocycles. The van der Waals surface area contributed by atoms with E-state index < -0.39 is 0 Å². The van der Waals surface area contributed by atoms with E-state index in [-0.39, 0.29) is 18.4 Å². The van der Waals surface area contributed by atoms with E-state index in [1.807, 2.05) is 17.5 Å². The highest BCUT2D eigenvalue weighted by molar-refractivity contribution is 7.10. The summed E-state index contributed by atoms with van der Waals surface area (Å²) in [5.41, 5.74) is 1.34. The van der Waals surface area contributed by atoms with Gasteiger partial charge in [-0.05, 0) is 23.6 Å². The zero-order valence-corrected chi connectivity index (χ0v) is 13.3. The van der Waals surface area contributed by atoms with E-state index in [1.54, 1.807) is 40.5 Å². The number of fused-ring (bicyclic) bond motifs is 1. The van der Waals surface area contributed by atoms with Crippen LogP contribution in [0.25, 0.3) is 0 Å². The molecule has 0 radical (unpaired) electrons. The van der Waals surface area contributed by atoms with Crippen molar-refractivity contribution in [2.45, 2.75) is 6.42 Å². The second-order valence-corrected chi connectivity index (χ2v) is 6.10. The number of anilines is 2. The lowest BCUT2D eigenvalue weighted by Gasteiger charge is -2.28. The van der Waals surface area contributed by atoms with Crippen LogP contribution < -0.4 is 15.0 Å². The van der Waals surface area contributed by atoms with Gasteiger partial charge in [-0.15, -0.1) is 17.9 Å². The summed E-state index contributed by atoms with van der Waals surface area (Å²) in [5.74, 6) is 0.398. The highest BCUT2D eigenvalue weighted by Crippen LogP contribution is 2.34.